The van der Waals surface area contributed by atoms with Crippen LogP contribution >= 0.6 is 0 Å². The number of nitrogens with two attached hydrogens (primary N) is 1. The van der Waals surface area contributed by atoms with E-state index in [9.17, 15) is 28.2 Å². The van der Waals surface area contributed by atoms with Crippen LogP contribution in [0.1, 0.15) is 81.0 Å². The summed E-state index contributed by atoms with van der Waals surface area (Å²) in [4.78, 5) is 53.2. The van der Waals surface area contributed by atoms with Gasteiger partial charge in [0.1, 0.15) is 22.6 Å². The average Bonchev–Trinajstić information content (AvgIpc) is 1.86. The van der Waals surface area contributed by atoms with Crippen molar-refractivity contribution in [1.82, 2.24) is 19.9 Å². The number of esters is 3. The number of aryl methyl sites for hydroxylation is 1. The van der Waals surface area contributed by atoms with Crippen LogP contribution in [0.2, 0.25) is 0 Å². The molecule has 2 aromatic heterocycles. The summed E-state index contributed by atoms with van der Waals surface area (Å²) in [6.45, 7) is 10.4. The second-order valence-corrected chi connectivity index (χ2v) is 24.7. The quantitative estimate of drug-likeness (QED) is 0.0616. The second kappa shape index (κ2) is 20.5. The number of sulfonamides is 1. The fraction of sp³-hybridized carbons (Fsp3) is 0.452. The summed E-state index contributed by atoms with van der Waals surface area (Å²) in [6, 6.07) is 27.0. The zero-order valence-electron chi connectivity index (χ0n) is 47.2. The smallest absolute Gasteiger partial charge is 0.344 e. The zero-order valence-corrected chi connectivity index (χ0v) is 48.0. The third kappa shape index (κ3) is 8.54. The molecule has 5 aliphatic heterocycles. The van der Waals surface area contributed by atoms with Crippen LogP contribution in [0.15, 0.2) is 113 Å². The Morgan fingerprint density at radius 2 is 1.59 bits per heavy atom. The summed E-state index contributed by atoms with van der Waals surface area (Å²) in [5, 5.41) is 35.6. The fourth-order valence-corrected chi connectivity index (χ4v) is 16.3. The number of H-pyrrole nitrogens is 1. The van der Waals surface area contributed by atoms with E-state index in [0.29, 0.717) is 88.3 Å². The first-order valence-electron chi connectivity index (χ1n) is 27.8. The Morgan fingerprint density at radius 1 is 0.877 bits per heavy atom. The molecule has 81 heavy (non-hydrogen) atoms. The number of primary sulfonamides is 1. The van der Waals surface area contributed by atoms with E-state index < -0.39 is 67.5 Å². The van der Waals surface area contributed by atoms with Gasteiger partial charge in [0.15, 0.2) is 6.10 Å². The van der Waals surface area contributed by atoms with E-state index in [1.807, 2.05) is 87.3 Å². The van der Waals surface area contributed by atoms with Crippen LogP contribution in [0.5, 0.6) is 5.75 Å². The Bertz CT molecular complexity index is 3590. The number of aromatic nitrogens is 2. The molecule has 7 heterocycles. The molecular weight excluding hydrogens is 1050 g/mol. The molecule has 6 aromatic rings. The highest BCUT2D eigenvalue weighted by Crippen LogP contribution is 2.68. The van der Waals surface area contributed by atoms with Crippen molar-refractivity contribution in [1.29, 1.82) is 0 Å². The number of carbonyl (C=O) groups excluding carboxylic acids is 3. The molecule has 19 heteroatoms. The van der Waals surface area contributed by atoms with Crippen LogP contribution in [0.3, 0.4) is 0 Å². The maximum atomic E-state index is 15.3. The lowest BCUT2D eigenvalue weighted by molar-refractivity contribution is -0.228. The summed E-state index contributed by atoms with van der Waals surface area (Å²) < 4.78 is 51.9. The van der Waals surface area contributed by atoms with Crippen LogP contribution in [-0.4, -0.2) is 147 Å². The number of para-hydroxylation sites is 1. The highest BCUT2D eigenvalue weighted by atomic mass is 32.2. The minimum absolute atomic E-state index is 0.0756. The van der Waals surface area contributed by atoms with Gasteiger partial charge in [0, 0.05) is 96.5 Å². The molecule has 5 N–H and O–H groups in total. The molecule has 2 saturated heterocycles. The number of nitrogens with zero attached hydrogens (tertiary/aromatic N) is 4. The van der Waals surface area contributed by atoms with E-state index in [1.165, 1.54) is 33.3 Å². The number of anilines is 1. The molecule has 0 amide bonds. The number of methoxy groups -OCH3 is 3. The topological polar surface area (TPSA) is 240 Å². The number of hydrogen-bond donors (Lipinski definition) is 4. The number of piperidine rings is 1. The van der Waals surface area contributed by atoms with E-state index >= 15 is 4.79 Å². The van der Waals surface area contributed by atoms with Crippen LogP contribution in [0, 0.1) is 18.3 Å². The SMILES string of the molecule is CC[C@]1(O)C[C@@H]2C[N@@](CCc3c([nH]c4ccccc34)[C@@](C(=O)OC)(c3cc4c(cc3OC)N(C)[C@H]3[C@@](O)(C(=O)OC)[C@H](OC(C)=O)[C@]5(CC)C=CCN6CC[C@]43[C@@H]65)C2)C1.Cc1onc(-c2ccccc2)c1-c1ccc(S(N)(=O)=O)cc1. The number of aliphatic hydroxyl groups is 2. The van der Waals surface area contributed by atoms with Gasteiger partial charge in [-0.1, -0.05) is 91.8 Å². The summed E-state index contributed by atoms with van der Waals surface area (Å²) in [5.74, 6) is -0.894. The largest absolute Gasteiger partial charge is 0.496 e. The van der Waals surface area contributed by atoms with Gasteiger partial charge in [0.05, 0.1) is 43.4 Å². The van der Waals surface area contributed by atoms with Crippen molar-refractivity contribution >= 4 is 44.5 Å². The maximum Gasteiger partial charge on any atom is 0.344 e. The second-order valence-electron chi connectivity index (χ2n) is 23.1. The molecule has 6 aliphatic rings. The van der Waals surface area contributed by atoms with Crippen molar-refractivity contribution in [3.05, 3.63) is 131 Å². The number of fused-ring (bicyclic) bond motifs is 6. The van der Waals surface area contributed by atoms with E-state index in [4.69, 9.17) is 28.6 Å². The number of carbonyl (C=O) groups is 3. The number of ether oxygens (including phenoxy) is 4. The lowest BCUT2D eigenvalue weighted by Gasteiger charge is -2.63. The molecule has 3 fully saturated rings. The summed E-state index contributed by atoms with van der Waals surface area (Å²) >= 11 is 0. The Hall–Kier alpha value is -6.87. The number of benzene rings is 4. The monoisotopic (exact) mass is 1120 g/mol. The van der Waals surface area contributed by atoms with Crippen molar-refractivity contribution in [3.63, 3.8) is 0 Å². The Kier molecular flexibility index (Phi) is 14.2. The van der Waals surface area contributed by atoms with Crippen molar-refractivity contribution in [2.75, 3.05) is 66.0 Å². The number of hydrogen-bond acceptors (Lipinski definition) is 16. The first-order valence-corrected chi connectivity index (χ1v) is 29.4. The molecule has 1 saturated carbocycles. The van der Waals surface area contributed by atoms with E-state index in [1.54, 1.807) is 19.2 Å². The Morgan fingerprint density at radius 3 is 2.26 bits per heavy atom. The maximum absolute atomic E-state index is 15.3. The molecule has 1 aliphatic carbocycles. The van der Waals surface area contributed by atoms with Crippen LogP contribution < -0.4 is 14.8 Å². The van der Waals surface area contributed by atoms with Gasteiger partial charge in [0.25, 0.3) is 0 Å². The molecule has 18 nitrogen and oxygen atoms in total. The Labute approximate surface area is 472 Å². The third-order valence-corrected chi connectivity index (χ3v) is 19.9. The Balaban J connectivity index is 0.000000262. The highest BCUT2D eigenvalue weighted by Gasteiger charge is 2.80. The molecule has 12 rings (SSSR count). The van der Waals surface area contributed by atoms with E-state index in [-0.39, 0.29) is 16.9 Å². The number of nitrogens with one attached hydrogen (secondary N) is 1. The first-order chi connectivity index (χ1) is 38.7. The summed E-state index contributed by atoms with van der Waals surface area (Å²) in [5.41, 5.74) is 1.70. The molecule has 1 spiro atoms. The van der Waals surface area contributed by atoms with Crippen molar-refractivity contribution in [3.8, 4) is 28.1 Å². The number of likely N-dealkylation sites (N-methyl/N-ethyl adjacent to an activating group) is 1. The fourth-order valence-electron chi connectivity index (χ4n) is 15.8. The normalized spacial score (nSPS) is 30.1. The van der Waals surface area contributed by atoms with Gasteiger partial charge in [-0.15, -0.1) is 0 Å². The summed E-state index contributed by atoms with van der Waals surface area (Å²) in [6.07, 6.45) is 5.94. The van der Waals surface area contributed by atoms with Gasteiger partial charge < -0.3 is 43.6 Å². The first kappa shape index (κ1) is 56.0. The molecule has 2 bridgehead atoms. The lowest BCUT2D eigenvalue weighted by Crippen LogP contribution is -2.81. The highest BCUT2D eigenvalue weighted by molar-refractivity contribution is 7.89. The van der Waals surface area contributed by atoms with Gasteiger partial charge in [-0.05, 0) is 98.9 Å². The molecular formula is C62H72N6O12S. The number of aromatic amines is 1. The lowest BCUT2D eigenvalue weighted by atomic mass is 9.47. The van der Waals surface area contributed by atoms with Gasteiger partial charge in [-0.3, -0.25) is 19.4 Å². The van der Waals surface area contributed by atoms with Gasteiger partial charge in [-0.2, -0.15) is 0 Å². The molecule has 0 radical (unpaired) electrons. The molecule has 0 unspecified atom stereocenters. The van der Waals surface area contributed by atoms with E-state index in [2.05, 4.69) is 44.2 Å². The molecule has 10 atom stereocenters. The zero-order chi connectivity index (χ0) is 57.6. The van der Waals surface area contributed by atoms with Crippen molar-refractivity contribution in [2.24, 2.45) is 16.5 Å². The minimum atomic E-state index is -3.70. The van der Waals surface area contributed by atoms with Crippen molar-refractivity contribution < 1.29 is 56.5 Å². The predicted octanol–water partition coefficient (Wildman–Crippen LogP) is 6.96. The van der Waals surface area contributed by atoms with Crippen molar-refractivity contribution in [2.45, 2.75) is 111 Å². The van der Waals surface area contributed by atoms with E-state index in [0.717, 1.165) is 55.8 Å². The third-order valence-electron chi connectivity index (χ3n) is 19.0. The van der Waals surface area contributed by atoms with Gasteiger partial charge in [0.2, 0.25) is 15.6 Å². The standard InChI is InChI=1S/C46H58N4O9.C16H14N2O3S/c1-8-42(54)23-28-24-45(40(52)57-6,36-30(15-19-49(25-28)26-42)29-13-10-11-14-33(29)47-36)32-21-31-34(22-35(32)56-5)48(4)38-44(31)17-20-50-18-12-16-43(9-2,37(44)50)39(59-27(3)51)46(38,55)41(53)58-7;1-11-15(12-7-9-14(10-8-12)22(17,19)20)16(18-21-11)13-5-3-2-4-6-13/h10-14,16,21-22,28,37-39,47,54-55H,8-9,15,17-20,23-26H2,1-7H3;2-10H,1H3,(H2,17,19,20)/t28-,37-,38+,39+,42-,43+,44+,45-,46-;/m0./s1. The van der Waals surface area contributed by atoms with Crippen LogP contribution in [0.4, 0.5) is 5.69 Å². The van der Waals surface area contributed by atoms with Gasteiger partial charge in [-0.25, -0.2) is 18.4 Å². The van der Waals surface area contributed by atoms with Gasteiger partial charge >= 0.3 is 17.9 Å². The molecule has 4 aromatic carbocycles. The number of rotatable bonds is 10. The molecule has 428 valence electrons. The van der Waals surface area contributed by atoms with Crippen LogP contribution in [0.25, 0.3) is 33.3 Å². The van der Waals surface area contributed by atoms with Crippen LogP contribution in [-0.2, 0) is 55.9 Å². The average molecular weight is 1130 g/mol. The predicted molar refractivity (Wildman–Crippen MR) is 304 cm³/mol. The summed E-state index contributed by atoms with van der Waals surface area (Å²) in [7, 11) is 2.45. The minimum Gasteiger partial charge on any atom is -0.496 e.